The molecule has 172 valence electrons. The summed E-state index contributed by atoms with van der Waals surface area (Å²) in [6, 6.07) is 21.5. The first kappa shape index (κ1) is 21.5. The van der Waals surface area contributed by atoms with Crippen molar-refractivity contribution < 1.29 is 14.4 Å². The van der Waals surface area contributed by atoms with E-state index in [1.54, 1.807) is 42.5 Å². The van der Waals surface area contributed by atoms with Crippen molar-refractivity contribution in [2.45, 2.75) is 23.9 Å². The topological polar surface area (TPSA) is 93.9 Å². The predicted molar refractivity (Wildman–Crippen MR) is 132 cm³/mol. The maximum Gasteiger partial charge on any atom is 0.234 e. The average molecular weight is 481 g/mol. The third-order valence-electron chi connectivity index (χ3n) is 6.11. The van der Waals surface area contributed by atoms with Crippen LogP contribution in [0.5, 0.6) is 0 Å². The van der Waals surface area contributed by atoms with Gasteiger partial charge in [0.2, 0.25) is 11.1 Å². The number of ketones is 2. The van der Waals surface area contributed by atoms with Gasteiger partial charge in [-0.25, -0.2) is 9.67 Å². The number of nitrogens with one attached hydrogen (secondary N) is 1. The molecule has 0 unspecified atom stereocenters. The Morgan fingerprint density at radius 2 is 1.57 bits per heavy atom. The van der Waals surface area contributed by atoms with Crippen LogP contribution in [-0.2, 0) is 4.79 Å². The van der Waals surface area contributed by atoms with E-state index >= 15 is 0 Å². The molecule has 0 aliphatic heterocycles. The lowest BCUT2D eigenvalue weighted by Crippen LogP contribution is -2.24. The van der Waals surface area contributed by atoms with Crippen molar-refractivity contribution in [3.63, 3.8) is 0 Å². The van der Waals surface area contributed by atoms with E-state index in [0.717, 1.165) is 24.4 Å². The Hall–Kier alpha value is -4.04. The fourth-order valence-corrected chi connectivity index (χ4v) is 4.93. The zero-order valence-electron chi connectivity index (χ0n) is 18.6. The molecule has 1 saturated carbocycles. The van der Waals surface area contributed by atoms with Crippen LogP contribution in [0.3, 0.4) is 0 Å². The number of carbonyl (C=O) groups is 3. The minimum Gasteiger partial charge on any atom is -0.325 e. The van der Waals surface area contributed by atoms with Crippen molar-refractivity contribution in [3.05, 3.63) is 101 Å². The highest BCUT2D eigenvalue weighted by atomic mass is 32.2. The van der Waals surface area contributed by atoms with Crippen LogP contribution in [0.15, 0.2) is 78.0 Å². The lowest BCUT2D eigenvalue weighted by molar-refractivity contribution is -0.113. The normalized spacial score (nSPS) is 14.4. The fraction of sp³-hybridized carbons (Fsp3) is 0.148. The molecule has 0 radical (unpaired) electrons. The molecular formula is C27H20N4O3S. The standard InChI is InChI=1S/C27H20N4O3S/c32-22(15-35-27-29-26(16-13-14-16)31(30-27)17-7-2-1-3-8-17)28-21-12-6-11-20-23(21)25(34)19-10-5-4-9-18(19)24(20)33/h1-12,16H,13-15H2,(H,28,32). The summed E-state index contributed by atoms with van der Waals surface area (Å²) >= 11 is 1.24. The van der Waals surface area contributed by atoms with E-state index in [-0.39, 0.29) is 28.8 Å². The van der Waals surface area contributed by atoms with Gasteiger partial charge in [0.25, 0.3) is 0 Å². The number of hydrogen-bond donors (Lipinski definition) is 1. The van der Waals surface area contributed by atoms with Crippen molar-refractivity contribution in [1.82, 2.24) is 14.8 Å². The number of fused-ring (bicyclic) bond motifs is 2. The number of benzene rings is 3. The summed E-state index contributed by atoms with van der Waals surface area (Å²) in [6.07, 6.45) is 2.18. The Morgan fingerprint density at radius 1 is 0.886 bits per heavy atom. The van der Waals surface area contributed by atoms with Crippen LogP contribution in [0.25, 0.3) is 5.69 Å². The molecule has 1 N–H and O–H groups in total. The minimum atomic E-state index is -0.299. The average Bonchev–Trinajstić information content (AvgIpc) is 3.65. The van der Waals surface area contributed by atoms with Crippen molar-refractivity contribution in [3.8, 4) is 5.69 Å². The number of amides is 1. The molecule has 1 amide bonds. The Kier molecular flexibility index (Phi) is 5.30. The van der Waals surface area contributed by atoms with E-state index in [1.165, 1.54) is 11.8 Å². The van der Waals surface area contributed by atoms with Crippen molar-refractivity contribution >= 4 is 34.9 Å². The molecule has 0 atom stereocenters. The summed E-state index contributed by atoms with van der Waals surface area (Å²) in [6.45, 7) is 0. The first-order valence-electron chi connectivity index (χ1n) is 11.4. The number of para-hydroxylation sites is 1. The maximum atomic E-state index is 13.1. The molecule has 4 aromatic rings. The van der Waals surface area contributed by atoms with Crippen LogP contribution < -0.4 is 5.32 Å². The molecule has 8 heteroatoms. The highest BCUT2D eigenvalue weighted by Crippen LogP contribution is 2.40. The molecule has 7 nitrogen and oxygen atoms in total. The lowest BCUT2D eigenvalue weighted by Gasteiger charge is -2.20. The van der Waals surface area contributed by atoms with Gasteiger partial charge >= 0.3 is 0 Å². The van der Waals surface area contributed by atoms with Gasteiger partial charge in [-0.2, -0.15) is 0 Å². The number of hydrogen-bond acceptors (Lipinski definition) is 6. The number of nitrogens with zero attached hydrogens (tertiary/aromatic N) is 3. The van der Waals surface area contributed by atoms with Gasteiger partial charge in [0, 0.05) is 22.6 Å². The molecule has 0 bridgehead atoms. The van der Waals surface area contributed by atoms with E-state index in [9.17, 15) is 14.4 Å². The number of rotatable bonds is 6. The van der Waals surface area contributed by atoms with Gasteiger partial charge in [-0.05, 0) is 31.0 Å². The molecule has 2 aliphatic rings. The highest BCUT2D eigenvalue weighted by Gasteiger charge is 2.32. The van der Waals surface area contributed by atoms with Crippen molar-refractivity contribution in [2.24, 2.45) is 0 Å². The summed E-state index contributed by atoms with van der Waals surface area (Å²) in [5, 5.41) is 7.97. The number of aromatic nitrogens is 3. The smallest absolute Gasteiger partial charge is 0.234 e. The Morgan fingerprint density at radius 3 is 2.31 bits per heavy atom. The zero-order valence-corrected chi connectivity index (χ0v) is 19.4. The highest BCUT2D eigenvalue weighted by molar-refractivity contribution is 7.99. The summed E-state index contributed by atoms with van der Waals surface area (Å²) in [4.78, 5) is 43.6. The number of thioether (sulfide) groups is 1. The van der Waals surface area contributed by atoms with E-state index < -0.39 is 0 Å². The molecule has 3 aromatic carbocycles. The summed E-state index contributed by atoms with van der Waals surface area (Å²) in [7, 11) is 0. The van der Waals surface area contributed by atoms with Gasteiger partial charge in [-0.15, -0.1) is 5.10 Å². The third kappa shape index (κ3) is 3.95. The van der Waals surface area contributed by atoms with Gasteiger partial charge in [0.1, 0.15) is 5.82 Å². The third-order valence-corrected chi connectivity index (χ3v) is 6.95. The van der Waals surface area contributed by atoms with Crippen molar-refractivity contribution in [1.29, 1.82) is 0 Å². The second-order valence-corrected chi connectivity index (χ2v) is 9.49. The molecular weight excluding hydrogens is 460 g/mol. The predicted octanol–water partition coefficient (Wildman–Crippen LogP) is 4.65. The van der Waals surface area contributed by atoms with E-state index in [4.69, 9.17) is 0 Å². The molecule has 1 fully saturated rings. The molecule has 1 heterocycles. The Balaban J connectivity index is 1.21. The quantitative estimate of drug-likeness (QED) is 0.356. The first-order valence-corrected chi connectivity index (χ1v) is 12.3. The van der Waals surface area contributed by atoms with Crippen LogP contribution in [0.2, 0.25) is 0 Å². The number of anilines is 1. The molecule has 35 heavy (non-hydrogen) atoms. The molecule has 1 aromatic heterocycles. The van der Waals surface area contributed by atoms with Gasteiger partial charge in [-0.3, -0.25) is 14.4 Å². The zero-order chi connectivity index (χ0) is 23.9. The van der Waals surface area contributed by atoms with Crippen LogP contribution in [0.1, 0.15) is 56.4 Å². The van der Waals surface area contributed by atoms with Crippen LogP contribution >= 0.6 is 11.8 Å². The SMILES string of the molecule is O=C(CSc1nc(C2CC2)n(-c2ccccc2)n1)Nc1cccc2c1C(=O)c1ccccc1C2=O. The second-order valence-electron chi connectivity index (χ2n) is 8.54. The number of carbonyl (C=O) groups excluding carboxylic acids is 3. The summed E-state index contributed by atoms with van der Waals surface area (Å²) in [5.74, 6) is 0.601. The Bertz CT molecular complexity index is 1490. The fourth-order valence-electron chi connectivity index (χ4n) is 4.30. The monoisotopic (exact) mass is 480 g/mol. The molecule has 0 spiro atoms. The Labute approximate surface area is 205 Å². The van der Waals surface area contributed by atoms with Crippen LogP contribution in [0, 0.1) is 0 Å². The van der Waals surface area contributed by atoms with Gasteiger partial charge < -0.3 is 5.32 Å². The maximum absolute atomic E-state index is 13.1. The van der Waals surface area contributed by atoms with E-state index in [0.29, 0.717) is 33.5 Å². The van der Waals surface area contributed by atoms with Gasteiger partial charge in [0.15, 0.2) is 11.6 Å². The van der Waals surface area contributed by atoms with E-state index in [1.807, 2.05) is 35.0 Å². The molecule has 0 saturated heterocycles. The first-order chi connectivity index (χ1) is 17.1. The van der Waals surface area contributed by atoms with E-state index in [2.05, 4.69) is 15.4 Å². The van der Waals surface area contributed by atoms with Gasteiger partial charge in [0.05, 0.1) is 22.7 Å². The van der Waals surface area contributed by atoms with Gasteiger partial charge in [-0.1, -0.05) is 66.4 Å². The summed E-state index contributed by atoms with van der Waals surface area (Å²) < 4.78 is 1.85. The largest absolute Gasteiger partial charge is 0.325 e. The lowest BCUT2D eigenvalue weighted by atomic mass is 9.83. The second kappa shape index (κ2) is 8.63. The van der Waals surface area contributed by atoms with Crippen molar-refractivity contribution in [2.75, 3.05) is 11.1 Å². The van der Waals surface area contributed by atoms with Crippen LogP contribution in [-0.4, -0.2) is 38.0 Å². The summed E-state index contributed by atoms with van der Waals surface area (Å²) in [5.41, 5.74) is 2.55. The molecule has 6 rings (SSSR count). The van der Waals surface area contributed by atoms with Crippen LogP contribution in [0.4, 0.5) is 5.69 Å². The molecule has 2 aliphatic carbocycles. The minimum absolute atomic E-state index is 0.0747.